The largest absolute Gasteiger partial charge is 0.436 e. The number of H-pyrrole nitrogens is 1. The van der Waals surface area contributed by atoms with Gasteiger partial charge in [0.25, 0.3) is 0 Å². The zero-order chi connectivity index (χ0) is 10.2. The molecule has 1 N–H and O–H groups in total. The highest BCUT2D eigenvalue weighted by Crippen LogP contribution is 2.27. The Morgan fingerprint density at radius 3 is 2.15 bits per heavy atom. The maximum absolute atomic E-state index is 12.2. The number of aromatic nitrogens is 2. The third-order valence-electron chi connectivity index (χ3n) is 1.80. The summed E-state index contributed by atoms with van der Waals surface area (Å²) in [7, 11) is 0. The summed E-state index contributed by atoms with van der Waals surface area (Å²) in [5.74, 6) is 0. The quantitative estimate of drug-likeness (QED) is 0.660. The van der Waals surface area contributed by atoms with Crippen LogP contribution in [0, 0.1) is 6.92 Å². The summed E-state index contributed by atoms with van der Waals surface area (Å²) in [6, 6.07) is 1.12. The van der Waals surface area contributed by atoms with E-state index >= 15 is 0 Å². The van der Waals surface area contributed by atoms with Gasteiger partial charge in [0, 0.05) is 13.0 Å². The van der Waals surface area contributed by atoms with Gasteiger partial charge in [-0.3, -0.25) is 0 Å². The van der Waals surface area contributed by atoms with E-state index in [1.54, 1.807) is 6.92 Å². The van der Waals surface area contributed by atoms with E-state index in [1.807, 2.05) is 13.8 Å². The monoisotopic (exact) mass is 193 g/mol. The Kier molecular flexibility index (Phi) is 2.36. The number of alkyl halides is 3. The van der Waals surface area contributed by atoms with Crippen LogP contribution < -0.4 is 4.68 Å². The highest BCUT2D eigenvalue weighted by Gasteiger charge is 2.36. The van der Waals surface area contributed by atoms with Gasteiger partial charge in [-0.15, -0.1) is 4.68 Å². The fraction of sp³-hybridized carbons (Fsp3) is 0.625. The minimum absolute atomic E-state index is 0.0103. The van der Waals surface area contributed by atoms with Crippen LogP contribution in [0.25, 0.3) is 0 Å². The molecule has 2 nitrogen and oxygen atoms in total. The van der Waals surface area contributed by atoms with Crippen molar-refractivity contribution >= 4 is 0 Å². The van der Waals surface area contributed by atoms with Gasteiger partial charge >= 0.3 is 6.18 Å². The van der Waals surface area contributed by atoms with E-state index in [2.05, 4.69) is 5.10 Å². The standard InChI is InChI=1S/C8H11F3N2/c1-5(2)13-6(3)4-7(12-13)8(9,10)11/h4-5H,1-3H3/p+1. The van der Waals surface area contributed by atoms with Crippen LogP contribution in [-0.2, 0) is 6.18 Å². The van der Waals surface area contributed by atoms with Crippen molar-refractivity contribution in [2.24, 2.45) is 0 Å². The van der Waals surface area contributed by atoms with Gasteiger partial charge in [-0.05, 0) is 13.8 Å². The van der Waals surface area contributed by atoms with Gasteiger partial charge in [0.2, 0.25) is 5.69 Å². The first kappa shape index (κ1) is 10.1. The fourth-order valence-electron chi connectivity index (χ4n) is 1.21. The van der Waals surface area contributed by atoms with Crippen LogP contribution in [-0.4, -0.2) is 5.10 Å². The summed E-state index contributed by atoms with van der Waals surface area (Å²) in [4.78, 5) is 0. The zero-order valence-electron chi connectivity index (χ0n) is 7.74. The Labute approximate surface area is 74.4 Å². The van der Waals surface area contributed by atoms with Crippen molar-refractivity contribution in [1.29, 1.82) is 0 Å². The summed E-state index contributed by atoms with van der Waals surface area (Å²) < 4.78 is 38.1. The van der Waals surface area contributed by atoms with Crippen molar-refractivity contribution in [3.05, 3.63) is 17.5 Å². The molecule has 0 saturated heterocycles. The van der Waals surface area contributed by atoms with Gasteiger partial charge in [-0.1, -0.05) is 0 Å². The van der Waals surface area contributed by atoms with E-state index in [0.29, 0.717) is 5.69 Å². The summed E-state index contributed by atoms with van der Waals surface area (Å²) in [6.07, 6.45) is -4.29. The molecule has 0 atom stereocenters. The topological polar surface area (TPSA) is 19.7 Å². The number of rotatable bonds is 1. The molecular formula is C8H12F3N2+. The normalized spacial score (nSPS) is 12.5. The van der Waals surface area contributed by atoms with Crippen molar-refractivity contribution in [2.75, 3.05) is 0 Å². The number of aryl methyl sites for hydroxylation is 1. The number of aromatic amines is 1. The smallest absolute Gasteiger partial charge is 0.164 e. The van der Waals surface area contributed by atoms with Gasteiger partial charge in [0.1, 0.15) is 0 Å². The van der Waals surface area contributed by atoms with E-state index in [0.717, 1.165) is 6.07 Å². The molecule has 1 aromatic heterocycles. The first-order chi connectivity index (χ1) is 5.82. The van der Waals surface area contributed by atoms with Gasteiger partial charge < -0.3 is 0 Å². The predicted molar refractivity (Wildman–Crippen MR) is 41.1 cm³/mol. The molecule has 0 aliphatic rings. The van der Waals surface area contributed by atoms with Crippen molar-refractivity contribution in [3.63, 3.8) is 0 Å². The molecule has 1 heterocycles. The maximum atomic E-state index is 12.2. The van der Waals surface area contributed by atoms with E-state index in [-0.39, 0.29) is 6.04 Å². The predicted octanol–water partition coefficient (Wildman–Crippen LogP) is 2.21. The minimum Gasteiger partial charge on any atom is -0.164 e. The fourth-order valence-corrected chi connectivity index (χ4v) is 1.21. The van der Waals surface area contributed by atoms with Crippen LogP contribution in [0.4, 0.5) is 13.2 Å². The van der Waals surface area contributed by atoms with E-state index < -0.39 is 11.9 Å². The number of hydrogen-bond acceptors (Lipinski definition) is 0. The molecule has 0 aromatic carbocycles. The molecule has 1 rings (SSSR count). The van der Waals surface area contributed by atoms with Crippen molar-refractivity contribution < 1.29 is 17.9 Å². The second-order valence-corrected chi connectivity index (χ2v) is 3.27. The average Bonchev–Trinajstić information content (AvgIpc) is 2.29. The highest BCUT2D eigenvalue weighted by molar-refractivity contribution is 5.05. The Balaban J connectivity index is 3.10. The van der Waals surface area contributed by atoms with E-state index in [4.69, 9.17) is 0 Å². The minimum atomic E-state index is -4.29. The summed E-state index contributed by atoms with van der Waals surface area (Å²) in [5.41, 5.74) is -0.110. The van der Waals surface area contributed by atoms with Crippen LogP contribution in [0.5, 0.6) is 0 Å². The first-order valence-electron chi connectivity index (χ1n) is 4.00. The molecule has 0 aliphatic heterocycles. The Morgan fingerprint density at radius 2 is 1.92 bits per heavy atom. The lowest BCUT2D eigenvalue weighted by molar-refractivity contribution is -0.773. The molecule has 1 aromatic rings. The molecular weight excluding hydrogens is 181 g/mol. The second-order valence-electron chi connectivity index (χ2n) is 3.27. The van der Waals surface area contributed by atoms with Crippen LogP contribution >= 0.6 is 0 Å². The van der Waals surface area contributed by atoms with Crippen LogP contribution in [0.3, 0.4) is 0 Å². The molecule has 13 heavy (non-hydrogen) atoms. The molecule has 74 valence electrons. The summed E-state index contributed by atoms with van der Waals surface area (Å²) in [6.45, 7) is 5.29. The average molecular weight is 193 g/mol. The Hall–Kier alpha value is -1.00. The number of halogens is 3. The summed E-state index contributed by atoms with van der Waals surface area (Å²) >= 11 is 0. The van der Waals surface area contributed by atoms with Gasteiger partial charge in [-0.2, -0.15) is 18.3 Å². The lowest BCUT2D eigenvalue weighted by Crippen LogP contribution is -2.41. The van der Waals surface area contributed by atoms with E-state index in [1.165, 1.54) is 4.68 Å². The highest BCUT2D eigenvalue weighted by atomic mass is 19.4. The zero-order valence-corrected chi connectivity index (χ0v) is 7.74. The van der Waals surface area contributed by atoms with Gasteiger partial charge in [0.15, 0.2) is 11.7 Å². The first-order valence-corrected chi connectivity index (χ1v) is 4.00. The molecule has 0 unspecified atom stereocenters. The third kappa shape index (κ3) is 2.02. The molecule has 0 spiro atoms. The van der Waals surface area contributed by atoms with Crippen molar-refractivity contribution in [3.8, 4) is 0 Å². The van der Waals surface area contributed by atoms with Crippen LogP contribution in [0.2, 0.25) is 0 Å². The Morgan fingerprint density at radius 1 is 1.38 bits per heavy atom. The van der Waals surface area contributed by atoms with Crippen molar-refractivity contribution in [1.82, 2.24) is 5.10 Å². The lowest BCUT2D eigenvalue weighted by atomic mass is 10.3. The van der Waals surface area contributed by atoms with Crippen LogP contribution in [0.1, 0.15) is 31.3 Å². The number of hydrogen-bond donors (Lipinski definition) is 1. The van der Waals surface area contributed by atoms with E-state index in [9.17, 15) is 13.2 Å². The second kappa shape index (κ2) is 3.05. The molecule has 0 amide bonds. The maximum Gasteiger partial charge on any atom is 0.436 e. The third-order valence-corrected chi connectivity index (χ3v) is 1.80. The van der Waals surface area contributed by atoms with Crippen LogP contribution in [0.15, 0.2) is 6.07 Å². The van der Waals surface area contributed by atoms with Gasteiger partial charge in [-0.25, -0.2) is 0 Å². The number of nitrogens with zero attached hydrogens (tertiary/aromatic N) is 1. The van der Waals surface area contributed by atoms with Crippen molar-refractivity contribution in [2.45, 2.75) is 33.0 Å². The van der Waals surface area contributed by atoms with Gasteiger partial charge in [0.05, 0.1) is 0 Å². The molecule has 0 radical (unpaired) electrons. The number of nitrogens with one attached hydrogen (secondary N) is 1. The molecule has 0 aliphatic carbocycles. The SMILES string of the molecule is Cc1cc(C(F)(F)F)[nH][n+]1C(C)C. The molecule has 0 bridgehead atoms. The molecule has 5 heteroatoms. The lowest BCUT2D eigenvalue weighted by Gasteiger charge is -2.00. The summed E-state index contributed by atoms with van der Waals surface area (Å²) in [5, 5.41) is 2.31. The molecule has 0 saturated carbocycles. The molecule has 0 fully saturated rings. The Bertz CT molecular complexity index is 299.